The Morgan fingerprint density at radius 1 is 1.07 bits per heavy atom. The van der Waals surface area contributed by atoms with E-state index in [1.54, 1.807) is 24.3 Å². The van der Waals surface area contributed by atoms with E-state index in [0.717, 1.165) is 24.8 Å². The molecule has 0 saturated carbocycles. The molecule has 148 valence electrons. The van der Waals surface area contributed by atoms with Gasteiger partial charge in [-0.15, -0.1) is 0 Å². The maximum absolute atomic E-state index is 13.0. The third kappa shape index (κ3) is 3.71. The van der Waals surface area contributed by atoms with Gasteiger partial charge in [-0.2, -0.15) is 4.31 Å². The molecule has 4 rings (SSSR count). The quantitative estimate of drug-likeness (QED) is 0.860. The van der Waals surface area contributed by atoms with E-state index in [4.69, 9.17) is 0 Å². The minimum Gasteiger partial charge on any atom is -0.349 e. The SMILES string of the molecule is Cc1ccc(S(=O)(=O)N2CCC[C@H](C(=O)N[C@H]3CCc4ccccc43)C2)cc1. The average molecular weight is 399 g/mol. The van der Waals surface area contributed by atoms with Crippen molar-refractivity contribution in [3.63, 3.8) is 0 Å². The summed E-state index contributed by atoms with van der Waals surface area (Å²) < 4.78 is 27.4. The van der Waals surface area contributed by atoms with Gasteiger partial charge in [-0.1, -0.05) is 42.0 Å². The highest BCUT2D eigenvalue weighted by Crippen LogP contribution is 2.32. The minimum absolute atomic E-state index is 0.0350. The molecule has 0 unspecified atom stereocenters. The molecule has 0 radical (unpaired) electrons. The summed E-state index contributed by atoms with van der Waals surface area (Å²) in [6, 6.07) is 15.1. The lowest BCUT2D eigenvalue weighted by Gasteiger charge is -2.32. The van der Waals surface area contributed by atoms with Crippen molar-refractivity contribution in [3.8, 4) is 0 Å². The largest absolute Gasteiger partial charge is 0.349 e. The van der Waals surface area contributed by atoms with E-state index >= 15 is 0 Å². The highest BCUT2D eigenvalue weighted by atomic mass is 32.2. The lowest BCUT2D eigenvalue weighted by Crippen LogP contribution is -2.45. The van der Waals surface area contributed by atoms with Crippen molar-refractivity contribution >= 4 is 15.9 Å². The van der Waals surface area contributed by atoms with Gasteiger partial charge >= 0.3 is 0 Å². The summed E-state index contributed by atoms with van der Waals surface area (Å²) in [7, 11) is -3.57. The van der Waals surface area contributed by atoms with Crippen LogP contribution >= 0.6 is 0 Å². The number of sulfonamides is 1. The van der Waals surface area contributed by atoms with Crippen LogP contribution in [0.3, 0.4) is 0 Å². The molecule has 2 atom stereocenters. The molecule has 2 aromatic carbocycles. The second-order valence-electron chi connectivity index (χ2n) is 7.81. The van der Waals surface area contributed by atoms with E-state index in [9.17, 15) is 13.2 Å². The van der Waals surface area contributed by atoms with Crippen LogP contribution in [0.1, 0.15) is 42.0 Å². The molecular formula is C22H26N2O3S. The van der Waals surface area contributed by atoms with Gasteiger partial charge in [0.25, 0.3) is 0 Å². The first-order valence-corrected chi connectivity index (χ1v) is 11.3. The average Bonchev–Trinajstić information content (AvgIpc) is 3.11. The van der Waals surface area contributed by atoms with Crippen LogP contribution in [0.4, 0.5) is 0 Å². The molecule has 0 bridgehead atoms. The molecule has 1 N–H and O–H groups in total. The fourth-order valence-corrected chi connectivity index (χ4v) is 5.75. The van der Waals surface area contributed by atoms with E-state index in [1.165, 1.54) is 15.4 Å². The minimum atomic E-state index is -3.57. The van der Waals surface area contributed by atoms with E-state index in [-0.39, 0.29) is 24.4 Å². The molecule has 1 aliphatic carbocycles. The van der Waals surface area contributed by atoms with Crippen molar-refractivity contribution in [2.45, 2.75) is 43.5 Å². The van der Waals surface area contributed by atoms with Gasteiger partial charge in [-0.05, 0) is 55.9 Å². The molecule has 28 heavy (non-hydrogen) atoms. The van der Waals surface area contributed by atoms with Gasteiger partial charge in [-0.25, -0.2) is 8.42 Å². The number of hydrogen-bond acceptors (Lipinski definition) is 3. The Morgan fingerprint density at radius 2 is 1.82 bits per heavy atom. The lowest BCUT2D eigenvalue weighted by atomic mass is 9.98. The van der Waals surface area contributed by atoms with Crippen LogP contribution in [0.5, 0.6) is 0 Å². The van der Waals surface area contributed by atoms with Gasteiger partial charge in [0.05, 0.1) is 16.9 Å². The second kappa shape index (κ2) is 7.68. The summed E-state index contributed by atoms with van der Waals surface area (Å²) in [6.45, 7) is 2.64. The Hall–Kier alpha value is -2.18. The molecule has 0 spiro atoms. The molecule has 1 aliphatic heterocycles. The monoisotopic (exact) mass is 398 g/mol. The number of nitrogens with zero attached hydrogens (tertiary/aromatic N) is 1. The lowest BCUT2D eigenvalue weighted by molar-refractivity contribution is -0.126. The molecule has 1 fully saturated rings. The highest BCUT2D eigenvalue weighted by Gasteiger charge is 2.34. The number of fused-ring (bicyclic) bond motifs is 1. The number of benzene rings is 2. The number of piperidine rings is 1. The molecule has 1 amide bonds. The van der Waals surface area contributed by atoms with Gasteiger partial charge in [0, 0.05) is 13.1 Å². The van der Waals surface area contributed by atoms with Crippen molar-refractivity contribution in [1.82, 2.24) is 9.62 Å². The molecule has 1 saturated heterocycles. The maximum Gasteiger partial charge on any atom is 0.243 e. The summed E-state index contributed by atoms with van der Waals surface area (Å²) >= 11 is 0. The summed E-state index contributed by atoms with van der Waals surface area (Å²) in [5.74, 6) is -0.341. The fraction of sp³-hybridized carbons (Fsp3) is 0.409. The van der Waals surface area contributed by atoms with Crippen molar-refractivity contribution in [2.75, 3.05) is 13.1 Å². The molecule has 0 aromatic heterocycles. The van der Waals surface area contributed by atoms with Crippen LogP contribution in [0, 0.1) is 12.8 Å². The number of hydrogen-bond donors (Lipinski definition) is 1. The Labute approximate surface area is 166 Å². The van der Waals surface area contributed by atoms with Crippen molar-refractivity contribution < 1.29 is 13.2 Å². The van der Waals surface area contributed by atoms with Crippen molar-refractivity contribution in [3.05, 3.63) is 65.2 Å². The fourth-order valence-electron chi connectivity index (χ4n) is 4.23. The second-order valence-corrected chi connectivity index (χ2v) is 9.75. The van der Waals surface area contributed by atoms with Crippen LogP contribution in [-0.4, -0.2) is 31.7 Å². The Morgan fingerprint density at radius 3 is 2.61 bits per heavy atom. The molecule has 5 nitrogen and oxygen atoms in total. The molecule has 2 aromatic rings. The molecule has 2 aliphatic rings. The predicted octanol–water partition coefficient (Wildman–Crippen LogP) is 3.20. The van der Waals surface area contributed by atoms with Crippen LogP contribution in [0.25, 0.3) is 0 Å². The number of carbonyl (C=O) groups is 1. The smallest absolute Gasteiger partial charge is 0.243 e. The third-order valence-corrected chi connectivity index (χ3v) is 7.74. The topological polar surface area (TPSA) is 66.5 Å². The first-order valence-electron chi connectivity index (χ1n) is 9.90. The summed E-state index contributed by atoms with van der Waals surface area (Å²) in [5.41, 5.74) is 3.50. The first-order chi connectivity index (χ1) is 13.4. The third-order valence-electron chi connectivity index (χ3n) is 5.86. The highest BCUT2D eigenvalue weighted by molar-refractivity contribution is 7.89. The number of aryl methyl sites for hydroxylation is 2. The Balaban J connectivity index is 1.45. The summed E-state index contributed by atoms with van der Waals surface area (Å²) in [6.07, 6.45) is 3.30. The molecular weight excluding hydrogens is 372 g/mol. The normalized spacial score (nSPS) is 22.6. The van der Waals surface area contributed by atoms with E-state index in [1.807, 2.05) is 19.1 Å². The predicted molar refractivity (Wildman–Crippen MR) is 108 cm³/mol. The zero-order chi connectivity index (χ0) is 19.7. The Kier molecular flexibility index (Phi) is 5.25. The van der Waals surface area contributed by atoms with Gasteiger partial charge in [0.1, 0.15) is 0 Å². The first kappa shape index (κ1) is 19.2. The molecule has 1 heterocycles. The van der Waals surface area contributed by atoms with E-state index < -0.39 is 10.0 Å². The number of carbonyl (C=O) groups excluding carboxylic acids is 1. The zero-order valence-electron chi connectivity index (χ0n) is 16.1. The summed E-state index contributed by atoms with van der Waals surface area (Å²) in [4.78, 5) is 13.2. The standard InChI is InChI=1S/C22H26N2O3S/c1-16-8-11-19(12-9-16)28(26,27)24-14-4-6-18(15-24)22(25)23-21-13-10-17-5-2-3-7-20(17)21/h2-3,5,7-9,11-12,18,21H,4,6,10,13-15H2,1H3,(H,23,25)/t18-,21-/m0/s1. The van der Waals surface area contributed by atoms with Gasteiger partial charge in [0.2, 0.25) is 15.9 Å². The van der Waals surface area contributed by atoms with Crippen molar-refractivity contribution in [1.29, 1.82) is 0 Å². The number of nitrogens with one attached hydrogen (secondary N) is 1. The molecule has 6 heteroatoms. The van der Waals surface area contributed by atoms with E-state index in [2.05, 4.69) is 17.4 Å². The number of rotatable bonds is 4. The van der Waals surface area contributed by atoms with Gasteiger partial charge < -0.3 is 5.32 Å². The van der Waals surface area contributed by atoms with Gasteiger partial charge in [0.15, 0.2) is 0 Å². The van der Waals surface area contributed by atoms with Crippen LogP contribution in [0.2, 0.25) is 0 Å². The van der Waals surface area contributed by atoms with E-state index in [0.29, 0.717) is 17.9 Å². The zero-order valence-corrected chi connectivity index (χ0v) is 16.9. The maximum atomic E-state index is 13.0. The van der Waals surface area contributed by atoms with Crippen LogP contribution in [0.15, 0.2) is 53.4 Å². The van der Waals surface area contributed by atoms with Crippen LogP contribution in [-0.2, 0) is 21.2 Å². The summed E-state index contributed by atoms with van der Waals surface area (Å²) in [5, 5.41) is 3.16. The van der Waals surface area contributed by atoms with Gasteiger partial charge in [-0.3, -0.25) is 4.79 Å². The Bertz CT molecular complexity index is 970. The van der Waals surface area contributed by atoms with Crippen LogP contribution < -0.4 is 5.32 Å². The van der Waals surface area contributed by atoms with Crippen molar-refractivity contribution in [2.24, 2.45) is 5.92 Å². The number of amides is 1.